The molecule has 4 nitrogen and oxygen atoms in total. The van der Waals surface area contributed by atoms with Crippen LogP contribution in [0.5, 0.6) is 0 Å². The Labute approximate surface area is 110 Å². The Morgan fingerprint density at radius 1 is 1.71 bits per heavy atom. The third kappa shape index (κ3) is 3.70. The van der Waals surface area contributed by atoms with Crippen LogP contribution in [-0.4, -0.2) is 15.8 Å². The predicted molar refractivity (Wildman–Crippen MR) is 74.4 cm³/mol. The van der Waals surface area contributed by atoms with Crippen LogP contribution in [0.3, 0.4) is 0 Å². The highest BCUT2D eigenvalue weighted by atomic mass is 79.9. The third-order valence-electron chi connectivity index (χ3n) is 2.45. The second-order valence-electron chi connectivity index (χ2n) is 3.92. The van der Waals surface area contributed by atoms with Crippen molar-refractivity contribution >= 4 is 21.6 Å². The van der Waals surface area contributed by atoms with E-state index in [-0.39, 0.29) is 11.6 Å². The summed E-state index contributed by atoms with van der Waals surface area (Å²) in [6, 6.07) is 0.0963. The molecular formula is C12H18BrN3O. The molecule has 0 spiro atoms. The minimum absolute atomic E-state index is 0.0963. The highest BCUT2D eigenvalue weighted by molar-refractivity contribution is 9.10. The van der Waals surface area contributed by atoms with Crippen LogP contribution in [-0.2, 0) is 6.54 Å². The fraction of sp³-hybridized carbons (Fsp3) is 0.500. The van der Waals surface area contributed by atoms with E-state index in [1.807, 2.05) is 6.92 Å². The predicted octanol–water partition coefficient (Wildman–Crippen LogP) is 2.79. The summed E-state index contributed by atoms with van der Waals surface area (Å²) in [5, 5.41) is 7.28. The number of hydrogen-bond acceptors (Lipinski definition) is 3. The summed E-state index contributed by atoms with van der Waals surface area (Å²) in [4.78, 5) is 12.0. The van der Waals surface area contributed by atoms with Crippen LogP contribution in [0.1, 0.15) is 26.7 Å². The van der Waals surface area contributed by atoms with Crippen molar-refractivity contribution < 1.29 is 0 Å². The summed E-state index contributed by atoms with van der Waals surface area (Å²) in [6.07, 6.45) is 5.44. The Hall–Kier alpha value is -1.10. The Morgan fingerprint density at radius 2 is 2.41 bits per heavy atom. The van der Waals surface area contributed by atoms with E-state index >= 15 is 0 Å². The maximum Gasteiger partial charge on any atom is 0.283 e. The van der Waals surface area contributed by atoms with Gasteiger partial charge in [0, 0.05) is 12.6 Å². The van der Waals surface area contributed by atoms with Crippen LogP contribution in [0.25, 0.3) is 0 Å². The van der Waals surface area contributed by atoms with Crippen molar-refractivity contribution in [2.45, 2.75) is 39.3 Å². The minimum atomic E-state index is -0.0975. The second-order valence-corrected chi connectivity index (χ2v) is 4.72. The molecule has 1 rings (SSSR count). The van der Waals surface area contributed by atoms with Crippen LogP contribution in [0.2, 0.25) is 0 Å². The van der Waals surface area contributed by atoms with Gasteiger partial charge in [-0.1, -0.05) is 19.4 Å². The zero-order valence-electron chi connectivity index (χ0n) is 10.2. The fourth-order valence-electron chi connectivity index (χ4n) is 1.34. The average molecular weight is 300 g/mol. The second kappa shape index (κ2) is 6.59. The van der Waals surface area contributed by atoms with Crippen molar-refractivity contribution in [3.05, 3.63) is 33.7 Å². The molecule has 17 heavy (non-hydrogen) atoms. The van der Waals surface area contributed by atoms with Crippen LogP contribution < -0.4 is 10.9 Å². The fourth-order valence-corrected chi connectivity index (χ4v) is 1.76. The number of rotatable bonds is 6. The van der Waals surface area contributed by atoms with E-state index in [1.165, 1.54) is 4.68 Å². The third-order valence-corrected chi connectivity index (χ3v) is 3.21. The van der Waals surface area contributed by atoms with Crippen LogP contribution in [0, 0.1) is 0 Å². The molecule has 0 aliphatic rings. The molecule has 5 heteroatoms. The molecule has 0 aliphatic heterocycles. The van der Waals surface area contributed by atoms with Crippen LogP contribution in [0.15, 0.2) is 28.1 Å². The van der Waals surface area contributed by atoms with Crippen molar-refractivity contribution in [2.24, 2.45) is 0 Å². The highest BCUT2D eigenvalue weighted by Gasteiger charge is 2.09. The largest absolute Gasteiger partial charge is 0.377 e. The first-order valence-electron chi connectivity index (χ1n) is 5.74. The Bertz CT molecular complexity index is 442. The van der Waals surface area contributed by atoms with Gasteiger partial charge in [-0.2, -0.15) is 5.10 Å². The summed E-state index contributed by atoms with van der Waals surface area (Å²) in [5.74, 6) is 0. The zero-order chi connectivity index (χ0) is 12.8. The lowest BCUT2D eigenvalue weighted by atomic mass is 10.3. The number of anilines is 1. The molecule has 0 aromatic carbocycles. The summed E-state index contributed by atoms with van der Waals surface area (Å²) in [7, 11) is 0. The molecule has 0 saturated heterocycles. The molecule has 1 N–H and O–H groups in total. The first-order chi connectivity index (χ1) is 8.10. The van der Waals surface area contributed by atoms with E-state index in [0.29, 0.717) is 16.7 Å². The Morgan fingerprint density at radius 3 is 3.00 bits per heavy atom. The normalized spacial score (nSPS) is 12.2. The van der Waals surface area contributed by atoms with Gasteiger partial charge in [-0.05, 0) is 29.3 Å². The number of aryl methyl sites for hydroxylation is 1. The van der Waals surface area contributed by atoms with Gasteiger partial charge in [0.05, 0.1) is 11.9 Å². The molecule has 1 aromatic rings. The van der Waals surface area contributed by atoms with E-state index in [0.717, 1.165) is 12.8 Å². The van der Waals surface area contributed by atoms with Crippen LogP contribution >= 0.6 is 15.9 Å². The molecule has 0 amide bonds. The monoisotopic (exact) mass is 299 g/mol. The first kappa shape index (κ1) is 14.0. The van der Waals surface area contributed by atoms with Gasteiger partial charge < -0.3 is 5.32 Å². The zero-order valence-corrected chi connectivity index (χ0v) is 11.8. The molecule has 0 bridgehead atoms. The summed E-state index contributed by atoms with van der Waals surface area (Å²) < 4.78 is 2.01. The molecule has 0 fully saturated rings. The summed E-state index contributed by atoms with van der Waals surface area (Å²) in [6.45, 7) is 8.39. The van der Waals surface area contributed by atoms with Gasteiger partial charge in [0.2, 0.25) is 0 Å². The molecule has 1 atom stereocenters. The topological polar surface area (TPSA) is 46.9 Å². The van der Waals surface area contributed by atoms with E-state index in [2.05, 4.69) is 39.8 Å². The molecule has 0 saturated carbocycles. The summed E-state index contributed by atoms with van der Waals surface area (Å²) >= 11 is 3.31. The van der Waals surface area contributed by atoms with E-state index in [1.54, 1.807) is 12.3 Å². The van der Waals surface area contributed by atoms with Crippen molar-refractivity contribution in [2.75, 3.05) is 5.32 Å². The number of hydrogen-bond donors (Lipinski definition) is 1. The number of nitrogens with one attached hydrogen (secondary N) is 1. The van der Waals surface area contributed by atoms with Crippen molar-refractivity contribution in [3.8, 4) is 0 Å². The minimum Gasteiger partial charge on any atom is -0.377 e. The van der Waals surface area contributed by atoms with Crippen LogP contribution in [0.4, 0.5) is 5.69 Å². The average Bonchev–Trinajstić information content (AvgIpc) is 2.34. The van der Waals surface area contributed by atoms with Gasteiger partial charge >= 0.3 is 0 Å². The first-order valence-corrected chi connectivity index (χ1v) is 6.54. The number of unbranched alkanes of at least 4 members (excludes halogenated alkanes) is 1. The van der Waals surface area contributed by atoms with Crippen molar-refractivity contribution in [1.82, 2.24) is 9.78 Å². The molecule has 1 unspecified atom stereocenters. The lowest BCUT2D eigenvalue weighted by Gasteiger charge is -2.13. The molecule has 0 aliphatic carbocycles. The smallest absolute Gasteiger partial charge is 0.283 e. The lowest BCUT2D eigenvalue weighted by molar-refractivity contribution is 0.541. The summed E-state index contributed by atoms with van der Waals surface area (Å²) in [5.41, 5.74) is 0.606. The Kier molecular flexibility index (Phi) is 5.41. The lowest BCUT2D eigenvalue weighted by Crippen LogP contribution is -2.25. The van der Waals surface area contributed by atoms with Gasteiger partial charge in [-0.25, -0.2) is 4.68 Å². The van der Waals surface area contributed by atoms with Gasteiger partial charge in [0.1, 0.15) is 4.47 Å². The van der Waals surface area contributed by atoms with Crippen molar-refractivity contribution in [3.63, 3.8) is 0 Å². The molecule has 1 aromatic heterocycles. The van der Waals surface area contributed by atoms with Gasteiger partial charge in [-0.15, -0.1) is 6.58 Å². The van der Waals surface area contributed by atoms with Gasteiger partial charge in [0.25, 0.3) is 5.56 Å². The standard InChI is InChI=1S/C12H18BrN3O/c1-4-6-7-16-12(17)11(13)10(8-14-16)15-9(3)5-2/h5,8-9,15H,2,4,6-7H2,1,3H3. The quantitative estimate of drug-likeness (QED) is 0.822. The molecular weight excluding hydrogens is 282 g/mol. The molecule has 0 radical (unpaired) electrons. The maximum absolute atomic E-state index is 12.0. The molecule has 94 valence electrons. The molecule has 1 heterocycles. The highest BCUT2D eigenvalue weighted by Crippen LogP contribution is 2.17. The van der Waals surface area contributed by atoms with E-state index in [9.17, 15) is 4.79 Å². The van der Waals surface area contributed by atoms with Crippen molar-refractivity contribution in [1.29, 1.82) is 0 Å². The number of aromatic nitrogens is 2. The van der Waals surface area contributed by atoms with Gasteiger partial charge in [-0.3, -0.25) is 4.79 Å². The Balaban J connectivity index is 2.94. The van der Waals surface area contributed by atoms with E-state index in [4.69, 9.17) is 0 Å². The van der Waals surface area contributed by atoms with Gasteiger partial charge in [0.15, 0.2) is 0 Å². The number of halogens is 1. The SMILES string of the molecule is C=CC(C)Nc1cnn(CCCC)c(=O)c1Br. The maximum atomic E-state index is 12.0. The van der Waals surface area contributed by atoms with E-state index < -0.39 is 0 Å². The number of nitrogens with zero attached hydrogens (tertiary/aromatic N) is 2.